The molecule has 0 aliphatic heterocycles. The van der Waals surface area contributed by atoms with E-state index in [2.05, 4.69) is 33.0 Å². The van der Waals surface area contributed by atoms with Gasteiger partial charge in [-0.25, -0.2) is 0 Å². The molecule has 0 bridgehead atoms. The van der Waals surface area contributed by atoms with Gasteiger partial charge >= 0.3 is 0 Å². The third-order valence-electron chi connectivity index (χ3n) is 2.32. The quantitative estimate of drug-likeness (QED) is 0.580. The van der Waals surface area contributed by atoms with E-state index in [0.717, 1.165) is 11.8 Å². The van der Waals surface area contributed by atoms with E-state index >= 15 is 0 Å². The zero-order valence-corrected chi connectivity index (χ0v) is 9.19. The van der Waals surface area contributed by atoms with Crippen LogP contribution in [0.4, 0.5) is 0 Å². The van der Waals surface area contributed by atoms with Crippen molar-refractivity contribution in [1.82, 2.24) is 5.32 Å². The van der Waals surface area contributed by atoms with E-state index in [1.54, 1.807) is 0 Å². The summed E-state index contributed by atoms with van der Waals surface area (Å²) in [5.74, 6) is 1.69. The van der Waals surface area contributed by atoms with Crippen molar-refractivity contribution < 1.29 is 0 Å². The van der Waals surface area contributed by atoms with Crippen LogP contribution >= 0.6 is 0 Å². The minimum absolute atomic E-state index is 0.837. The van der Waals surface area contributed by atoms with Crippen LogP contribution in [0.1, 0.15) is 47.0 Å². The second-order valence-corrected chi connectivity index (χ2v) is 4.25. The van der Waals surface area contributed by atoms with Crippen molar-refractivity contribution in [3.05, 3.63) is 0 Å². The normalized spacial score (nSPS) is 13.8. The second-order valence-electron chi connectivity index (χ2n) is 4.25. The summed E-state index contributed by atoms with van der Waals surface area (Å²) in [7, 11) is 0. The highest BCUT2D eigenvalue weighted by Crippen LogP contribution is 2.02. The molecule has 0 aliphatic carbocycles. The summed E-state index contributed by atoms with van der Waals surface area (Å²) in [6.45, 7) is 11.5. The van der Waals surface area contributed by atoms with Crippen LogP contribution in [-0.2, 0) is 0 Å². The molecule has 0 radical (unpaired) electrons. The maximum atomic E-state index is 3.49. The Balaban J connectivity index is 3.00. The van der Waals surface area contributed by atoms with Crippen LogP contribution < -0.4 is 5.32 Å². The van der Waals surface area contributed by atoms with E-state index in [1.807, 2.05) is 0 Å². The zero-order chi connectivity index (χ0) is 9.40. The molecule has 0 heterocycles. The smallest absolute Gasteiger partial charge is 0.00233 e. The molecule has 0 aromatic rings. The molecular weight excluding hydrogens is 146 g/mol. The first-order valence-corrected chi connectivity index (χ1v) is 5.37. The lowest BCUT2D eigenvalue weighted by Gasteiger charge is -2.10. The van der Waals surface area contributed by atoms with Crippen molar-refractivity contribution in [2.24, 2.45) is 11.8 Å². The highest BCUT2D eigenvalue weighted by Gasteiger charge is 1.97. The summed E-state index contributed by atoms with van der Waals surface area (Å²) in [5.41, 5.74) is 0. The van der Waals surface area contributed by atoms with E-state index < -0.39 is 0 Å². The fourth-order valence-electron chi connectivity index (χ4n) is 1.13. The van der Waals surface area contributed by atoms with E-state index in [9.17, 15) is 0 Å². The fourth-order valence-corrected chi connectivity index (χ4v) is 1.13. The van der Waals surface area contributed by atoms with Crippen molar-refractivity contribution in [2.75, 3.05) is 13.1 Å². The Labute approximate surface area is 77.9 Å². The van der Waals surface area contributed by atoms with Gasteiger partial charge in [-0.05, 0) is 37.8 Å². The molecule has 0 aromatic heterocycles. The molecular formula is C11H25N. The minimum atomic E-state index is 0.837. The van der Waals surface area contributed by atoms with E-state index in [0.29, 0.717) is 0 Å². The Bertz CT molecular complexity index is 89.0. The highest BCUT2D eigenvalue weighted by molar-refractivity contribution is 4.55. The summed E-state index contributed by atoms with van der Waals surface area (Å²) in [5, 5.41) is 3.49. The Morgan fingerprint density at radius 3 is 2.33 bits per heavy atom. The predicted molar refractivity (Wildman–Crippen MR) is 56.4 cm³/mol. The molecule has 0 saturated carbocycles. The van der Waals surface area contributed by atoms with Gasteiger partial charge < -0.3 is 5.32 Å². The van der Waals surface area contributed by atoms with Crippen LogP contribution in [-0.4, -0.2) is 13.1 Å². The van der Waals surface area contributed by atoms with Gasteiger partial charge in [-0.1, -0.05) is 34.1 Å². The maximum absolute atomic E-state index is 3.49. The monoisotopic (exact) mass is 171 g/mol. The number of nitrogens with one attached hydrogen (secondary N) is 1. The van der Waals surface area contributed by atoms with Crippen LogP contribution in [0, 0.1) is 11.8 Å². The average molecular weight is 171 g/mol. The minimum Gasteiger partial charge on any atom is -0.316 e. The van der Waals surface area contributed by atoms with E-state index in [1.165, 1.54) is 32.4 Å². The van der Waals surface area contributed by atoms with Crippen molar-refractivity contribution in [1.29, 1.82) is 0 Å². The van der Waals surface area contributed by atoms with Crippen LogP contribution in [0.5, 0.6) is 0 Å². The third-order valence-corrected chi connectivity index (χ3v) is 2.32. The number of rotatable bonds is 7. The summed E-state index contributed by atoms with van der Waals surface area (Å²) >= 11 is 0. The average Bonchev–Trinajstić information content (AvgIpc) is 2.03. The van der Waals surface area contributed by atoms with Crippen LogP contribution in [0.15, 0.2) is 0 Å². The lowest BCUT2D eigenvalue weighted by Crippen LogP contribution is -2.22. The molecule has 0 amide bonds. The lowest BCUT2D eigenvalue weighted by molar-refractivity contribution is 0.473. The number of hydrogen-bond donors (Lipinski definition) is 1. The molecule has 0 aliphatic rings. The molecule has 0 fully saturated rings. The summed E-state index contributed by atoms with van der Waals surface area (Å²) in [4.78, 5) is 0. The molecule has 1 nitrogen and oxygen atoms in total. The third kappa shape index (κ3) is 8.06. The van der Waals surface area contributed by atoms with Gasteiger partial charge in [0.1, 0.15) is 0 Å². The van der Waals surface area contributed by atoms with Gasteiger partial charge in [-0.15, -0.1) is 0 Å². The van der Waals surface area contributed by atoms with Crippen LogP contribution in [0.2, 0.25) is 0 Å². The highest BCUT2D eigenvalue weighted by atomic mass is 14.8. The number of hydrogen-bond acceptors (Lipinski definition) is 1. The van der Waals surface area contributed by atoms with Crippen molar-refractivity contribution in [2.45, 2.75) is 47.0 Å². The molecule has 1 unspecified atom stereocenters. The lowest BCUT2D eigenvalue weighted by atomic mass is 10.1. The fraction of sp³-hybridized carbons (Fsp3) is 1.00. The largest absolute Gasteiger partial charge is 0.316 e. The molecule has 12 heavy (non-hydrogen) atoms. The van der Waals surface area contributed by atoms with Crippen molar-refractivity contribution in [3.8, 4) is 0 Å². The summed E-state index contributed by atoms with van der Waals surface area (Å²) in [6, 6.07) is 0. The second kappa shape index (κ2) is 7.60. The van der Waals surface area contributed by atoms with Crippen molar-refractivity contribution in [3.63, 3.8) is 0 Å². The molecule has 1 heteroatoms. The van der Waals surface area contributed by atoms with E-state index in [4.69, 9.17) is 0 Å². The SMILES string of the molecule is CCC(C)CNCCCC(C)C. The molecule has 0 spiro atoms. The van der Waals surface area contributed by atoms with E-state index in [-0.39, 0.29) is 0 Å². The van der Waals surface area contributed by atoms with Crippen molar-refractivity contribution >= 4 is 0 Å². The first kappa shape index (κ1) is 12.0. The molecule has 1 N–H and O–H groups in total. The standard InChI is InChI=1S/C11H25N/c1-5-11(4)9-12-8-6-7-10(2)3/h10-12H,5-9H2,1-4H3. The summed E-state index contributed by atoms with van der Waals surface area (Å²) < 4.78 is 0. The van der Waals surface area contributed by atoms with Gasteiger partial charge in [-0.3, -0.25) is 0 Å². The van der Waals surface area contributed by atoms with Gasteiger partial charge in [0, 0.05) is 0 Å². The molecule has 0 aromatic carbocycles. The topological polar surface area (TPSA) is 12.0 Å². The first-order valence-electron chi connectivity index (χ1n) is 5.37. The molecule has 0 saturated heterocycles. The van der Waals surface area contributed by atoms with Gasteiger partial charge in [0.25, 0.3) is 0 Å². The molecule has 1 atom stereocenters. The van der Waals surface area contributed by atoms with Crippen LogP contribution in [0.3, 0.4) is 0 Å². The summed E-state index contributed by atoms with van der Waals surface area (Å²) in [6.07, 6.45) is 3.97. The Kier molecular flexibility index (Phi) is 7.58. The zero-order valence-electron chi connectivity index (χ0n) is 9.19. The van der Waals surface area contributed by atoms with Gasteiger partial charge in [-0.2, -0.15) is 0 Å². The predicted octanol–water partition coefficient (Wildman–Crippen LogP) is 3.06. The van der Waals surface area contributed by atoms with Gasteiger partial charge in [0.05, 0.1) is 0 Å². The molecule has 74 valence electrons. The van der Waals surface area contributed by atoms with Crippen LogP contribution in [0.25, 0.3) is 0 Å². The Hall–Kier alpha value is -0.0400. The first-order chi connectivity index (χ1) is 5.66. The Morgan fingerprint density at radius 2 is 1.83 bits per heavy atom. The Morgan fingerprint density at radius 1 is 1.17 bits per heavy atom. The molecule has 0 rings (SSSR count). The van der Waals surface area contributed by atoms with Gasteiger partial charge in [0.15, 0.2) is 0 Å². The maximum Gasteiger partial charge on any atom is -0.00233 e. The van der Waals surface area contributed by atoms with Gasteiger partial charge in [0.2, 0.25) is 0 Å².